The second kappa shape index (κ2) is 5.25. The third-order valence-corrected chi connectivity index (χ3v) is 4.78. The number of piperidine rings is 1. The Balaban J connectivity index is 1.92. The number of thioether (sulfide) groups is 2. The van der Waals surface area contributed by atoms with Crippen molar-refractivity contribution in [3.05, 3.63) is 0 Å². The van der Waals surface area contributed by atoms with E-state index in [2.05, 4.69) is 16.8 Å². The molecule has 0 aromatic carbocycles. The van der Waals surface area contributed by atoms with Gasteiger partial charge < -0.3 is 4.90 Å². The molecule has 0 aromatic rings. The van der Waals surface area contributed by atoms with Crippen LogP contribution in [0.5, 0.6) is 0 Å². The summed E-state index contributed by atoms with van der Waals surface area (Å²) >= 11 is 3.62. The zero-order valence-electron chi connectivity index (χ0n) is 8.94. The van der Waals surface area contributed by atoms with Crippen LogP contribution in [0.3, 0.4) is 0 Å². The topological polar surface area (TPSA) is 32.7 Å². The number of amides is 1. The van der Waals surface area contributed by atoms with Gasteiger partial charge in [-0.25, -0.2) is 0 Å². The highest BCUT2D eigenvalue weighted by Crippen LogP contribution is 2.26. The molecule has 1 atom stereocenters. The molecule has 0 radical (unpaired) electrons. The van der Waals surface area contributed by atoms with E-state index in [0.29, 0.717) is 5.75 Å². The molecule has 0 aromatic heterocycles. The Morgan fingerprint density at radius 2 is 2.53 bits per heavy atom. The Hall–Kier alpha value is -0.160. The highest BCUT2D eigenvalue weighted by molar-refractivity contribution is 8.14. The van der Waals surface area contributed by atoms with E-state index in [9.17, 15) is 4.79 Å². The van der Waals surface area contributed by atoms with E-state index in [-0.39, 0.29) is 5.91 Å². The van der Waals surface area contributed by atoms with Gasteiger partial charge >= 0.3 is 0 Å². The third-order valence-electron chi connectivity index (χ3n) is 2.60. The zero-order chi connectivity index (χ0) is 10.7. The van der Waals surface area contributed by atoms with E-state index in [1.807, 2.05) is 11.8 Å². The van der Waals surface area contributed by atoms with Gasteiger partial charge in [0.05, 0.1) is 5.75 Å². The lowest BCUT2D eigenvalue weighted by Crippen LogP contribution is -2.39. The van der Waals surface area contributed by atoms with Crippen molar-refractivity contribution in [1.29, 1.82) is 0 Å². The van der Waals surface area contributed by atoms with Crippen LogP contribution in [0.4, 0.5) is 0 Å². The number of hydrogen-bond acceptors (Lipinski definition) is 4. The Morgan fingerprint density at radius 3 is 3.20 bits per heavy atom. The van der Waals surface area contributed by atoms with E-state index >= 15 is 0 Å². The van der Waals surface area contributed by atoms with Gasteiger partial charge in [0.1, 0.15) is 0 Å². The van der Waals surface area contributed by atoms with Crippen LogP contribution in [-0.2, 0) is 4.79 Å². The Morgan fingerprint density at radius 1 is 1.67 bits per heavy atom. The van der Waals surface area contributed by atoms with E-state index in [0.717, 1.165) is 23.5 Å². The summed E-state index contributed by atoms with van der Waals surface area (Å²) in [7, 11) is 0. The first-order valence-electron chi connectivity index (χ1n) is 5.40. The first-order chi connectivity index (χ1) is 7.29. The summed E-state index contributed by atoms with van der Waals surface area (Å²) in [5.74, 6) is 1.74. The Bertz CT molecular complexity index is 279. The number of nitrogens with zero attached hydrogens (tertiary/aromatic N) is 2. The van der Waals surface area contributed by atoms with Crippen molar-refractivity contribution in [3.8, 4) is 0 Å². The van der Waals surface area contributed by atoms with Crippen LogP contribution < -0.4 is 0 Å². The minimum absolute atomic E-state index is 0.0280. The maximum absolute atomic E-state index is 11.1. The van der Waals surface area contributed by atoms with E-state index < -0.39 is 0 Å². The molecule has 2 aliphatic heterocycles. The predicted octanol–water partition coefficient (Wildman–Crippen LogP) is 1.83. The van der Waals surface area contributed by atoms with Gasteiger partial charge in [0.15, 0.2) is 5.17 Å². The molecule has 0 bridgehead atoms. The summed E-state index contributed by atoms with van der Waals surface area (Å²) in [6.45, 7) is 4.34. The van der Waals surface area contributed by atoms with E-state index in [4.69, 9.17) is 0 Å². The molecular formula is C10H16N2OS2. The van der Waals surface area contributed by atoms with Crippen LogP contribution in [0.25, 0.3) is 0 Å². The molecular weight excluding hydrogens is 228 g/mol. The smallest absolute Gasteiger partial charge is 0.258 e. The third kappa shape index (κ3) is 2.91. The lowest BCUT2D eigenvalue weighted by Gasteiger charge is -2.33. The summed E-state index contributed by atoms with van der Waals surface area (Å²) in [6, 6.07) is 0. The quantitative estimate of drug-likeness (QED) is 0.742. The molecule has 15 heavy (non-hydrogen) atoms. The van der Waals surface area contributed by atoms with Crippen molar-refractivity contribution in [2.45, 2.75) is 25.0 Å². The van der Waals surface area contributed by atoms with Gasteiger partial charge in [-0.2, -0.15) is 16.8 Å². The maximum Gasteiger partial charge on any atom is 0.258 e. The number of likely N-dealkylation sites (tertiary alicyclic amines) is 1. The lowest BCUT2D eigenvalue weighted by atomic mass is 10.1. The minimum Gasteiger partial charge on any atom is -0.350 e. The van der Waals surface area contributed by atoms with Crippen LogP contribution in [0, 0.1) is 0 Å². The standard InChI is InChI=1S/C10H16N2OS2/c1-2-14-8-4-3-5-12(6-8)10-11-9(13)7-15-10/h8H,2-7H2,1H3. The van der Waals surface area contributed by atoms with E-state index in [1.165, 1.54) is 18.6 Å². The minimum atomic E-state index is 0.0280. The van der Waals surface area contributed by atoms with Crippen LogP contribution in [0.15, 0.2) is 4.99 Å². The zero-order valence-corrected chi connectivity index (χ0v) is 10.6. The number of rotatable bonds is 2. The maximum atomic E-state index is 11.1. The SMILES string of the molecule is CCSC1CCCN(C2=NC(=O)CS2)C1. The first-order valence-corrected chi connectivity index (χ1v) is 7.44. The molecule has 3 nitrogen and oxygen atoms in total. The molecule has 2 rings (SSSR count). The Labute approximate surface area is 99.1 Å². The molecule has 5 heteroatoms. The van der Waals surface area contributed by atoms with E-state index in [1.54, 1.807) is 11.8 Å². The van der Waals surface area contributed by atoms with Crippen LogP contribution in [0.2, 0.25) is 0 Å². The summed E-state index contributed by atoms with van der Waals surface area (Å²) in [5.41, 5.74) is 0. The molecule has 84 valence electrons. The van der Waals surface area contributed by atoms with Crippen molar-refractivity contribution in [2.24, 2.45) is 4.99 Å². The van der Waals surface area contributed by atoms with Crippen molar-refractivity contribution in [1.82, 2.24) is 4.90 Å². The van der Waals surface area contributed by atoms with Gasteiger partial charge in [0, 0.05) is 18.3 Å². The second-order valence-corrected chi connectivity index (χ2v) is 6.26. The largest absolute Gasteiger partial charge is 0.350 e. The number of amidine groups is 1. The molecule has 0 saturated carbocycles. The Kier molecular flexibility index (Phi) is 3.97. The van der Waals surface area contributed by atoms with Crippen molar-refractivity contribution in [2.75, 3.05) is 24.6 Å². The van der Waals surface area contributed by atoms with Crippen molar-refractivity contribution < 1.29 is 4.79 Å². The highest BCUT2D eigenvalue weighted by atomic mass is 32.2. The molecule has 1 amide bonds. The number of carbonyl (C=O) groups excluding carboxylic acids is 1. The normalized spacial score (nSPS) is 27.0. The van der Waals surface area contributed by atoms with Crippen molar-refractivity contribution >= 4 is 34.6 Å². The number of carbonyl (C=O) groups is 1. The fraction of sp³-hybridized carbons (Fsp3) is 0.800. The molecule has 0 aliphatic carbocycles. The van der Waals surface area contributed by atoms with Gasteiger partial charge in [-0.15, -0.1) is 0 Å². The monoisotopic (exact) mass is 244 g/mol. The van der Waals surface area contributed by atoms with Crippen LogP contribution in [0.1, 0.15) is 19.8 Å². The average Bonchev–Trinajstić information content (AvgIpc) is 2.66. The fourth-order valence-corrected chi connectivity index (χ4v) is 3.87. The highest BCUT2D eigenvalue weighted by Gasteiger charge is 2.26. The molecule has 1 saturated heterocycles. The van der Waals surface area contributed by atoms with Gasteiger partial charge in [-0.1, -0.05) is 18.7 Å². The molecule has 0 spiro atoms. The summed E-state index contributed by atoms with van der Waals surface area (Å²) < 4.78 is 0. The predicted molar refractivity (Wildman–Crippen MR) is 67.6 cm³/mol. The average molecular weight is 244 g/mol. The molecule has 2 heterocycles. The van der Waals surface area contributed by atoms with Gasteiger partial charge in [-0.05, 0) is 18.6 Å². The second-order valence-electron chi connectivity index (χ2n) is 3.74. The fourth-order valence-electron chi connectivity index (χ4n) is 1.94. The summed E-state index contributed by atoms with van der Waals surface area (Å²) in [6.07, 6.45) is 2.53. The van der Waals surface area contributed by atoms with Crippen molar-refractivity contribution in [3.63, 3.8) is 0 Å². The number of hydrogen-bond donors (Lipinski definition) is 0. The molecule has 1 unspecified atom stereocenters. The van der Waals surface area contributed by atoms with Gasteiger partial charge in [0.25, 0.3) is 5.91 Å². The number of aliphatic imine (C=N–C) groups is 1. The summed E-state index contributed by atoms with van der Waals surface area (Å²) in [5, 5.41) is 1.68. The lowest BCUT2D eigenvalue weighted by molar-refractivity contribution is -0.115. The summed E-state index contributed by atoms with van der Waals surface area (Å²) in [4.78, 5) is 17.4. The van der Waals surface area contributed by atoms with Gasteiger partial charge in [-0.3, -0.25) is 4.79 Å². The molecule has 2 aliphatic rings. The first kappa shape index (κ1) is 11.3. The van der Waals surface area contributed by atoms with Gasteiger partial charge in [0.2, 0.25) is 0 Å². The van der Waals surface area contributed by atoms with Crippen LogP contribution in [-0.4, -0.2) is 45.8 Å². The molecule has 1 fully saturated rings. The molecule has 0 N–H and O–H groups in total. The van der Waals surface area contributed by atoms with Crippen LogP contribution >= 0.6 is 23.5 Å².